The molecule has 2 atom stereocenters. The zero-order chi connectivity index (χ0) is 13.5. The molecule has 0 amide bonds. The van der Waals surface area contributed by atoms with Gasteiger partial charge in [-0.3, -0.25) is 0 Å². The number of hydrogen-bond donors (Lipinski definition) is 1. The van der Waals surface area contributed by atoms with E-state index in [2.05, 4.69) is 54.4 Å². The van der Waals surface area contributed by atoms with Crippen LogP contribution in [0, 0.1) is 0 Å². The number of likely N-dealkylation sites (tertiary alicyclic amines) is 1. The van der Waals surface area contributed by atoms with Crippen LogP contribution >= 0.6 is 0 Å². The molecule has 106 valence electrons. The molecule has 0 bridgehead atoms. The van der Waals surface area contributed by atoms with Gasteiger partial charge < -0.3 is 10.2 Å². The summed E-state index contributed by atoms with van der Waals surface area (Å²) in [6.45, 7) is 8.25. The molecule has 0 spiro atoms. The second kappa shape index (κ2) is 7.66. The normalized spacial score (nSPS) is 21.7. The summed E-state index contributed by atoms with van der Waals surface area (Å²) in [5.41, 5.74) is 1.46. The van der Waals surface area contributed by atoms with E-state index in [0.29, 0.717) is 12.1 Å². The van der Waals surface area contributed by atoms with Gasteiger partial charge in [-0.1, -0.05) is 43.7 Å². The summed E-state index contributed by atoms with van der Waals surface area (Å²) in [5, 5.41) is 3.77. The van der Waals surface area contributed by atoms with E-state index >= 15 is 0 Å². The Balaban J connectivity index is 1.67. The summed E-state index contributed by atoms with van der Waals surface area (Å²) < 4.78 is 0. The lowest BCUT2D eigenvalue weighted by Gasteiger charge is -2.20. The topological polar surface area (TPSA) is 15.3 Å². The van der Waals surface area contributed by atoms with Crippen molar-refractivity contribution >= 4 is 0 Å². The molecule has 2 heteroatoms. The van der Waals surface area contributed by atoms with Gasteiger partial charge >= 0.3 is 0 Å². The molecule has 1 aromatic rings. The third-order valence-electron chi connectivity index (χ3n) is 4.07. The van der Waals surface area contributed by atoms with Crippen molar-refractivity contribution in [2.24, 2.45) is 0 Å². The Morgan fingerprint density at radius 1 is 1.32 bits per heavy atom. The molecular weight excluding hydrogens is 232 g/mol. The Kier molecular flexibility index (Phi) is 5.87. The first-order valence-electron chi connectivity index (χ1n) is 7.80. The molecule has 1 aliphatic rings. The first kappa shape index (κ1) is 14.5. The summed E-state index contributed by atoms with van der Waals surface area (Å²) in [6.07, 6.45) is 5.06. The monoisotopic (exact) mass is 260 g/mol. The van der Waals surface area contributed by atoms with Gasteiger partial charge in [0.25, 0.3) is 0 Å². The van der Waals surface area contributed by atoms with Crippen molar-refractivity contribution in [1.29, 1.82) is 0 Å². The molecule has 1 saturated heterocycles. The average Bonchev–Trinajstić information content (AvgIpc) is 2.85. The minimum Gasteiger partial charge on any atom is -0.310 e. The molecule has 1 aliphatic heterocycles. The molecule has 1 fully saturated rings. The molecule has 1 aromatic carbocycles. The van der Waals surface area contributed by atoms with E-state index in [1.807, 2.05) is 0 Å². The number of hydrogen-bond acceptors (Lipinski definition) is 2. The minimum absolute atomic E-state index is 0.670. The summed E-state index contributed by atoms with van der Waals surface area (Å²) in [6, 6.07) is 12.2. The molecule has 19 heavy (non-hydrogen) atoms. The first-order chi connectivity index (χ1) is 9.28. The Morgan fingerprint density at radius 2 is 2.11 bits per heavy atom. The van der Waals surface area contributed by atoms with Gasteiger partial charge in [-0.15, -0.1) is 0 Å². The molecule has 2 unspecified atom stereocenters. The zero-order valence-corrected chi connectivity index (χ0v) is 12.4. The Bertz CT molecular complexity index is 350. The summed E-state index contributed by atoms with van der Waals surface area (Å²) in [7, 11) is 0. The van der Waals surface area contributed by atoms with Gasteiger partial charge in [0, 0.05) is 25.2 Å². The van der Waals surface area contributed by atoms with E-state index < -0.39 is 0 Å². The highest BCUT2D eigenvalue weighted by Crippen LogP contribution is 2.12. The fourth-order valence-corrected chi connectivity index (χ4v) is 3.02. The van der Waals surface area contributed by atoms with Gasteiger partial charge in [-0.05, 0) is 38.3 Å². The highest BCUT2D eigenvalue weighted by molar-refractivity contribution is 5.14. The SMILES string of the molecule is CCCC(C)NC1CCN(CCc2ccccc2)C1. The van der Waals surface area contributed by atoms with Crippen LogP contribution in [0.4, 0.5) is 0 Å². The van der Waals surface area contributed by atoms with Crippen molar-refractivity contribution in [2.45, 2.75) is 51.6 Å². The maximum atomic E-state index is 3.77. The first-order valence-corrected chi connectivity index (χ1v) is 7.80. The number of benzene rings is 1. The molecule has 0 saturated carbocycles. The third-order valence-corrected chi connectivity index (χ3v) is 4.07. The lowest BCUT2D eigenvalue weighted by atomic mass is 10.1. The largest absolute Gasteiger partial charge is 0.310 e. The van der Waals surface area contributed by atoms with Crippen molar-refractivity contribution in [3.63, 3.8) is 0 Å². The van der Waals surface area contributed by atoms with Crippen molar-refractivity contribution in [1.82, 2.24) is 10.2 Å². The van der Waals surface area contributed by atoms with Gasteiger partial charge in [0.15, 0.2) is 0 Å². The summed E-state index contributed by atoms with van der Waals surface area (Å²) in [4.78, 5) is 2.60. The van der Waals surface area contributed by atoms with Crippen LogP contribution in [-0.2, 0) is 6.42 Å². The molecule has 1 heterocycles. The molecule has 1 N–H and O–H groups in total. The van der Waals surface area contributed by atoms with E-state index in [1.165, 1.54) is 50.9 Å². The zero-order valence-electron chi connectivity index (χ0n) is 12.4. The Labute approximate surface area is 118 Å². The van der Waals surface area contributed by atoms with Crippen molar-refractivity contribution in [3.05, 3.63) is 35.9 Å². The lowest BCUT2D eigenvalue weighted by molar-refractivity contribution is 0.325. The van der Waals surface area contributed by atoms with Gasteiger partial charge in [-0.25, -0.2) is 0 Å². The van der Waals surface area contributed by atoms with Crippen LogP contribution in [0.1, 0.15) is 38.7 Å². The predicted octanol–water partition coefficient (Wildman–Crippen LogP) is 3.08. The van der Waals surface area contributed by atoms with Crippen LogP contribution < -0.4 is 5.32 Å². The van der Waals surface area contributed by atoms with Crippen LogP contribution in [0.25, 0.3) is 0 Å². The Hall–Kier alpha value is -0.860. The van der Waals surface area contributed by atoms with E-state index in [4.69, 9.17) is 0 Å². The highest BCUT2D eigenvalue weighted by Gasteiger charge is 2.22. The lowest BCUT2D eigenvalue weighted by Crippen LogP contribution is -2.38. The third kappa shape index (κ3) is 4.96. The minimum atomic E-state index is 0.670. The van der Waals surface area contributed by atoms with E-state index in [1.54, 1.807) is 0 Å². The van der Waals surface area contributed by atoms with Gasteiger partial charge in [0.2, 0.25) is 0 Å². The van der Waals surface area contributed by atoms with Crippen LogP contribution in [0.2, 0.25) is 0 Å². The summed E-state index contributed by atoms with van der Waals surface area (Å²) in [5.74, 6) is 0. The molecule has 2 rings (SSSR count). The Morgan fingerprint density at radius 3 is 2.84 bits per heavy atom. The van der Waals surface area contributed by atoms with Crippen molar-refractivity contribution < 1.29 is 0 Å². The maximum absolute atomic E-state index is 3.77. The summed E-state index contributed by atoms with van der Waals surface area (Å²) >= 11 is 0. The fraction of sp³-hybridized carbons (Fsp3) is 0.647. The fourth-order valence-electron chi connectivity index (χ4n) is 3.02. The van der Waals surface area contributed by atoms with Crippen LogP contribution in [-0.4, -0.2) is 36.6 Å². The molecule has 0 aliphatic carbocycles. The highest BCUT2D eigenvalue weighted by atomic mass is 15.2. The predicted molar refractivity (Wildman–Crippen MR) is 82.5 cm³/mol. The van der Waals surface area contributed by atoms with E-state index in [0.717, 1.165) is 0 Å². The number of nitrogens with one attached hydrogen (secondary N) is 1. The molecule has 0 aromatic heterocycles. The smallest absolute Gasteiger partial charge is 0.0209 e. The van der Waals surface area contributed by atoms with Gasteiger partial charge in [0.1, 0.15) is 0 Å². The maximum Gasteiger partial charge on any atom is 0.0209 e. The van der Waals surface area contributed by atoms with Crippen LogP contribution in [0.15, 0.2) is 30.3 Å². The molecule has 2 nitrogen and oxygen atoms in total. The second-order valence-electron chi connectivity index (χ2n) is 5.88. The van der Waals surface area contributed by atoms with Crippen LogP contribution in [0.3, 0.4) is 0 Å². The van der Waals surface area contributed by atoms with Crippen molar-refractivity contribution in [3.8, 4) is 0 Å². The van der Waals surface area contributed by atoms with Gasteiger partial charge in [-0.2, -0.15) is 0 Å². The second-order valence-corrected chi connectivity index (χ2v) is 5.88. The average molecular weight is 260 g/mol. The quantitative estimate of drug-likeness (QED) is 0.810. The van der Waals surface area contributed by atoms with Crippen molar-refractivity contribution in [2.75, 3.05) is 19.6 Å². The standard InChI is InChI=1S/C17H28N2/c1-3-7-15(2)18-17-11-13-19(14-17)12-10-16-8-5-4-6-9-16/h4-6,8-9,15,17-18H,3,7,10-14H2,1-2H3. The van der Waals surface area contributed by atoms with Gasteiger partial charge in [0.05, 0.1) is 0 Å². The number of rotatable bonds is 7. The molecule has 0 radical (unpaired) electrons. The molecular formula is C17H28N2. The van der Waals surface area contributed by atoms with Crippen LogP contribution in [0.5, 0.6) is 0 Å². The number of nitrogens with zero attached hydrogens (tertiary/aromatic N) is 1. The van der Waals surface area contributed by atoms with E-state index in [9.17, 15) is 0 Å². The van der Waals surface area contributed by atoms with E-state index in [-0.39, 0.29) is 0 Å².